The zero-order chi connectivity index (χ0) is 9.84. The Morgan fingerprint density at radius 2 is 2.15 bits per heavy atom. The van der Waals surface area contributed by atoms with Crippen LogP contribution in [0.15, 0.2) is 22.7 Å². The Hall–Kier alpha value is -0.350. The Morgan fingerprint density at radius 3 is 2.69 bits per heavy atom. The Bertz CT molecular complexity index is 325. The topological polar surface area (TPSA) is 43.1 Å². The first kappa shape index (κ1) is 10.7. The van der Waals surface area contributed by atoms with Gasteiger partial charge in [0, 0.05) is 27.5 Å². The van der Waals surface area contributed by atoms with Crippen molar-refractivity contribution < 1.29 is 4.79 Å². The maximum atomic E-state index is 11.4. The Kier molecular flexibility index (Phi) is 3.93. The molecule has 2 N–H and O–H groups in total. The van der Waals surface area contributed by atoms with Gasteiger partial charge in [-0.2, -0.15) is 0 Å². The fourth-order valence-electron chi connectivity index (χ4n) is 0.931. The van der Waals surface area contributed by atoms with E-state index in [0.29, 0.717) is 23.0 Å². The summed E-state index contributed by atoms with van der Waals surface area (Å²) >= 11 is 6.50. The van der Waals surface area contributed by atoms with E-state index in [-0.39, 0.29) is 5.78 Å². The largest absolute Gasteiger partial charge is 0.398 e. The van der Waals surface area contributed by atoms with Gasteiger partial charge in [-0.25, -0.2) is 0 Å². The minimum atomic E-state index is 0.123. The molecule has 0 spiro atoms. The first-order valence-electron chi connectivity index (χ1n) is 3.79. The second-order valence-corrected chi connectivity index (χ2v) is 4.25. The van der Waals surface area contributed by atoms with Crippen LogP contribution in [0.4, 0.5) is 5.69 Å². The summed E-state index contributed by atoms with van der Waals surface area (Å²) in [6.45, 7) is 0. The molecule has 2 nitrogen and oxygen atoms in total. The van der Waals surface area contributed by atoms with Gasteiger partial charge in [0.15, 0.2) is 5.78 Å². The van der Waals surface area contributed by atoms with Crippen LogP contribution in [-0.4, -0.2) is 11.1 Å². The van der Waals surface area contributed by atoms with Crippen molar-refractivity contribution in [2.75, 3.05) is 11.1 Å². The number of hydrogen-bond donors (Lipinski definition) is 1. The van der Waals surface area contributed by atoms with Crippen LogP contribution in [0.3, 0.4) is 0 Å². The molecule has 70 valence electrons. The number of benzene rings is 1. The summed E-state index contributed by atoms with van der Waals surface area (Å²) in [4.78, 5) is 11.4. The normalized spacial score (nSPS) is 10.0. The standard InChI is InChI=1S/C9H9Br2NO/c10-4-3-9(13)6-1-2-8(12)7(11)5-6/h1-2,5H,3-4,12H2. The fourth-order valence-corrected chi connectivity index (χ4v) is 1.67. The first-order chi connectivity index (χ1) is 6.15. The molecule has 0 fully saturated rings. The molecule has 4 heteroatoms. The van der Waals surface area contributed by atoms with Gasteiger partial charge in [0.2, 0.25) is 0 Å². The van der Waals surface area contributed by atoms with Crippen LogP contribution in [-0.2, 0) is 0 Å². The van der Waals surface area contributed by atoms with E-state index in [4.69, 9.17) is 5.73 Å². The van der Waals surface area contributed by atoms with Gasteiger partial charge >= 0.3 is 0 Å². The zero-order valence-corrected chi connectivity index (χ0v) is 10.1. The lowest BCUT2D eigenvalue weighted by molar-refractivity contribution is 0.0990. The third-order valence-corrected chi connectivity index (χ3v) is 2.73. The highest BCUT2D eigenvalue weighted by Gasteiger charge is 2.06. The van der Waals surface area contributed by atoms with Crippen LogP contribution in [0.25, 0.3) is 0 Å². The number of alkyl halides is 1. The molecule has 0 aliphatic rings. The number of carbonyl (C=O) groups excluding carboxylic acids is 1. The molecule has 0 aliphatic heterocycles. The molecule has 13 heavy (non-hydrogen) atoms. The van der Waals surface area contributed by atoms with Crippen molar-refractivity contribution in [1.29, 1.82) is 0 Å². The van der Waals surface area contributed by atoms with Gasteiger partial charge in [0.05, 0.1) is 0 Å². The number of halogens is 2. The van der Waals surface area contributed by atoms with Gasteiger partial charge in [0.25, 0.3) is 0 Å². The maximum absolute atomic E-state index is 11.4. The average Bonchev–Trinajstić information content (AvgIpc) is 2.10. The molecule has 0 saturated carbocycles. The number of nitrogens with two attached hydrogens (primary N) is 1. The van der Waals surface area contributed by atoms with Crippen LogP contribution >= 0.6 is 31.9 Å². The van der Waals surface area contributed by atoms with Crippen molar-refractivity contribution in [2.45, 2.75) is 6.42 Å². The van der Waals surface area contributed by atoms with Gasteiger partial charge in [-0.1, -0.05) is 15.9 Å². The molecule has 0 unspecified atom stereocenters. The highest BCUT2D eigenvalue weighted by atomic mass is 79.9. The summed E-state index contributed by atoms with van der Waals surface area (Å²) in [5.74, 6) is 0.123. The van der Waals surface area contributed by atoms with Gasteiger partial charge in [-0.15, -0.1) is 0 Å². The Morgan fingerprint density at radius 1 is 1.46 bits per heavy atom. The number of hydrogen-bond acceptors (Lipinski definition) is 2. The number of carbonyl (C=O) groups is 1. The van der Waals surface area contributed by atoms with Crippen molar-refractivity contribution >= 4 is 43.3 Å². The molecule has 0 amide bonds. The molecule has 0 radical (unpaired) electrons. The number of nitrogen functional groups attached to an aromatic ring is 1. The molecule has 0 aliphatic carbocycles. The van der Waals surface area contributed by atoms with Gasteiger partial charge in [-0.3, -0.25) is 4.79 Å². The van der Waals surface area contributed by atoms with E-state index in [0.717, 1.165) is 4.47 Å². The zero-order valence-electron chi connectivity index (χ0n) is 6.89. The number of anilines is 1. The van der Waals surface area contributed by atoms with E-state index in [1.54, 1.807) is 18.2 Å². The van der Waals surface area contributed by atoms with Gasteiger partial charge in [0.1, 0.15) is 0 Å². The SMILES string of the molecule is Nc1ccc(C(=O)CCBr)cc1Br. The van der Waals surface area contributed by atoms with Crippen LogP contribution in [0.5, 0.6) is 0 Å². The van der Waals surface area contributed by atoms with Crippen LogP contribution in [0, 0.1) is 0 Å². The third-order valence-electron chi connectivity index (χ3n) is 1.64. The van der Waals surface area contributed by atoms with E-state index in [1.807, 2.05) is 0 Å². The monoisotopic (exact) mass is 305 g/mol. The predicted octanol–water partition coefficient (Wildman–Crippen LogP) is 3.00. The lowest BCUT2D eigenvalue weighted by atomic mass is 10.1. The molecule has 0 bridgehead atoms. The molecular weight excluding hydrogens is 298 g/mol. The molecule has 0 heterocycles. The van der Waals surface area contributed by atoms with E-state index in [1.165, 1.54) is 0 Å². The van der Waals surface area contributed by atoms with Crippen molar-refractivity contribution in [3.63, 3.8) is 0 Å². The third kappa shape index (κ3) is 2.81. The summed E-state index contributed by atoms with van der Waals surface area (Å²) in [5, 5.41) is 0.688. The first-order valence-corrected chi connectivity index (χ1v) is 5.71. The van der Waals surface area contributed by atoms with Crippen LogP contribution in [0.2, 0.25) is 0 Å². The molecule has 1 rings (SSSR count). The van der Waals surface area contributed by atoms with Crippen LogP contribution < -0.4 is 5.73 Å². The maximum Gasteiger partial charge on any atom is 0.163 e. The summed E-state index contributed by atoms with van der Waals surface area (Å²) < 4.78 is 0.771. The lowest BCUT2D eigenvalue weighted by Crippen LogP contribution is -2.00. The summed E-state index contributed by atoms with van der Waals surface area (Å²) in [6.07, 6.45) is 0.510. The second-order valence-electron chi connectivity index (χ2n) is 2.60. The second kappa shape index (κ2) is 4.77. The van der Waals surface area contributed by atoms with Crippen molar-refractivity contribution in [3.8, 4) is 0 Å². The number of ketones is 1. The Labute approximate surface area is 93.8 Å². The number of Topliss-reactive ketones (excluding diaryl/α,β-unsaturated/α-hetero) is 1. The lowest BCUT2D eigenvalue weighted by Gasteiger charge is -2.01. The summed E-state index contributed by atoms with van der Waals surface area (Å²) in [7, 11) is 0. The van der Waals surface area contributed by atoms with E-state index >= 15 is 0 Å². The molecule has 0 aromatic heterocycles. The minimum absolute atomic E-state index is 0.123. The van der Waals surface area contributed by atoms with E-state index in [2.05, 4.69) is 31.9 Å². The molecule has 1 aromatic carbocycles. The van der Waals surface area contributed by atoms with Crippen molar-refractivity contribution in [1.82, 2.24) is 0 Å². The minimum Gasteiger partial charge on any atom is -0.398 e. The molecule has 1 aromatic rings. The smallest absolute Gasteiger partial charge is 0.163 e. The molecule has 0 saturated heterocycles. The number of rotatable bonds is 3. The van der Waals surface area contributed by atoms with E-state index < -0.39 is 0 Å². The Balaban J connectivity index is 2.90. The quantitative estimate of drug-likeness (QED) is 0.530. The highest BCUT2D eigenvalue weighted by molar-refractivity contribution is 9.10. The summed E-state index contributed by atoms with van der Waals surface area (Å²) in [6, 6.07) is 5.22. The molecular formula is C9H9Br2NO. The fraction of sp³-hybridized carbons (Fsp3) is 0.222. The van der Waals surface area contributed by atoms with Crippen molar-refractivity contribution in [2.24, 2.45) is 0 Å². The predicted molar refractivity (Wildman–Crippen MR) is 61.3 cm³/mol. The van der Waals surface area contributed by atoms with Crippen LogP contribution in [0.1, 0.15) is 16.8 Å². The van der Waals surface area contributed by atoms with E-state index in [9.17, 15) is 4.79 Å². The van der Waals surface area contributed by atoms with Gasteiger partial charge < -0.3 is 5.73 Å². The van der Waals surface area contributed by atoms with Gasteiger partial charge in [-0.05, 0) is 34.1 Å². The highest BCUT2D eigenvalue weighted by Crippen LogP contribution is 2.21. The average molecular weight is 307 g/mol. The molecule has 0 atom stereocenters. The van der Waals surface area contributed by atoms with Crippen molar-refractivity contribution in [3.05, 3.63) is 28.2 Å². The summed E-state index contributed by atoms with van der Waals surface area (Å²) in [5.41, 5.74) is 6.94.